The summed E-state index contributed by atoms with van der Waals surface area (Å²) in [6.07, 6.45) is 2.55. The van der Waals surface area contributed by atoms with Crippen LogP contribution in [0, 0.1) is 0 Å². The molecule has 0 radical (unpaired) electrons. The van der Waals surface area contributed by atoms with Crippen LogP contribution in [0.25, 0.3) is 5.76 Å². The summed E-state index contributed by atoms with van der Waals surface area (Å²) in [7, 11) is 0. The van der Waals surface area contributed by atoms with Crippen molar-refractivity contribution < 1.29 is 19.4 Å². The summed E-state index contributed by atoms with van der Waals surface area (Å²) in [6, 6.07) is 13.2. The van der Waals surface area contributed by atoms with Gasteiger partial charge < -0.3 is 14.7 Å². The molecule has 1 N–H and O–H groups in total. The first-order chi connectivity index (χ1) is 14.5. The van der Waals surface area contributed by atoms with Crippen LogP contribution in [0.15, 0.2) is 54.1 Å². The van der Waals surface area contributed by atoms with E-state index >= 15 is 0 Å². The Hall–Kier alpha value is -2.79. The number of hydrogen-bond donors (Lipinski definition) is 1. The van der Waals surface area contributed by atoms with Crippen LogP contribution < -0.4 is 4.74 Å². The second-order valence-corrected chi connectivity index (χ2v) is 7.71. The molecule has 1 heterocycles. The summed E-state index contributed by atoms with van der Waals surface area (Å²) in [5, 5.41) is 11.5. The molecular weight excluding hydrogens is 402 g/mol. The first-order valence-corrected chi connectivity index (χ1v) is 10.6. The number of likely N-dealkylation sites (tertiary alicyclic amines) is 1. The SMILES string of the molecule is CCCCN1C(=O)C(=O)/C(=C(\O)c2ccc(Cl)cc2)C1c1ccc(OCCC)cc1. The fourth-order valence-electron chi connectivity index (χ4n) is 3.52. The zero-order valence-electron chi connectivity index (χ0n) is 17.2. The van der Waals surface area contributed by atoms with Gasteiger partial charge in [-0.25, -0.2) is 0 Å². The van der Waals surface area contributed by atoms with E-state index in [1.807, 2.05) is 38.1 Å². The zero-order valence-corrected chi connectivity index (χ0v) is 18.0. The fourth-order valence-corrected chi connectivity index (χ4v) is 3.64. The quantitative estimate of drug-likeness (QED) is 0.350. The molecule has 2 aromatic carbocycles. The van der Waals surface area contributed by atoms with E-state index in [4.69, 9.17) is 16.3 Å². The lowest BCUT2D eigenvalue weighted by atomic mass is 9.95. The van der Waals surface area contributed by atoms with Crippen LogP contribution in [-0.4, -0.2) is 34.8 Å². The number of aliphatic hydroxyl groups is 1. The number of amides is 1. The Labute approximate surface area is 181 Å². The third-order valence-electron chi connectivity index (χ3n) is 5.08. The number of ketones is 1. The van der Waals surface area contributed by atoms with Gasteiger partial charge in [0.1, 0.15) is 11.5 Å². The average Bonchev–Trinajstić information content (AvgIpc) is 3.01. The Morgan fingerprint density at radius 3 is 2.30 bits per heavy atom. The van der Waals surface area contributed by atoms with Gasteiger partial charge in [0.2, 0.25) is 0 Å². The fraction of sp³-hybridized carbons (Fsp3) is 0.333. The minimum absolute atomic E-state index is 0.0978. The van der Waals surface area contributed by atoms with Gasteiger partial charge in [0.05, 0.1) is 18.2 Å². The molecule has 1 aliphatic rings. The van der Waals surface area contributed by atoms with Gasteiger partial charge in [0.25, 0.3) is 11.7 Å². The Bertz CT molecular complexity index is 935. The first kappa shape index (κ1) is 21.9. The first-order valence-electron chi connectivity index (χ1n) is 10.2. The topological polar surface area (TPSA) is 66.8 Å². The molecule has 1 saturated heterocycles. The molecule has 6 heteroatoms. The Morgan fingerprint density at radius 2 is 1.70 bits per heavy atom. The number of Topliss-reactive ketones (excluding diaryl/α,β-unsaturated/α-hetero) is 1. The second-order valence-electron chi connectivity index (χ2n) is 7.27. The lowest BCUT2D eigenvalue weighted by Gasteiger charge is -2.25. The standard InChI is InChI=1S/C24H26ClNO4/c1-3-5-14-26-21(16-8-12-19(13-9-16)30-15-4-2)20(23(28)24(26)29)22(27)17-6-10-18(25)11-7-17/h6-13,21,27H,3-5,14-15H2,1-2H3/b22-20-. The van der Waals surface area contributed by atoms with E-state index in [-0.39, 0.29) is 11.3 Å². The largest absolute Gasteiger partial charge is 0.507 e. The highest BCUT2D eigenvalue weighted by Crippen LogP contribution is 2.40. The van der Waals surface area contributed by atoms with Gasteiger partial charge in [-0.15, -0.1) is 0 Å². The Balaban J connectivity index is 2.06. The maximum Gasteiger partial charge on any atom is 0.295 e. The van der Waals surface area contributed by atoms with E-state index in [0.29, 0.717) is 23.7 Å². The molecule has 0 spiro atoms. The smallest absolute Gasteiger partial charge is 0.295 e. The molecule has 0 aromatic heterocycles. The van der Waals surface area contributed by atoms with E-state index in [1.54, 1.807) is 29.2 Å². The summed E-state index contributed by atoms with van der Waals surface area (Å²) >= 11 is 5.94. The molecule has 0 bridgehead atoms. The number of carbonyl (C=O) groups excluding carboxylic acids is 2. The molecule has 0 saturated carbocycles. The van der Waals surface area contributed by atoms with Gasteiger partial charge in [-0.2, -0.15) is 0 Å². The predicted molar refractivity (Wildman–Crippen MR) is 118 cm³/mol. The summed E-state index contributed by atoms with van der Waals surface area (Å²) in [5.41, 5.74) is 1.30. The zero-order chi connectivity index (χ0) is 21.7. The number of benzene rings is 2. The van der Waals surface area contributed by atoms with Crippen molar-refractivity contribution in [3.63, 3.8) is 0 Å². The lowest BCUT2D eigenvalue weighted by molar-refractivity contribution is -0.139. The number of halogens is 1. The number of hydrogen-bond acceptors (Lipinski definition) is 4. The van der Waals surface area contributed by atoms with Crippen molar-refractivity contribution in [3.05, 3.63) is 70.3 Å². The highest BCUT2D eigenvalue weighted by Gasteiger charge is 2.45. The lowest BCUT2D eigenvalue weighted by Crippen LogP contribution is -2.30. The van der Waals surface area contributed by atoms with Crippen molar-refractivity contribution >= 4 is 29.1 Å². The summed E-state index contributed by atoms with van der Waals surface area (Å²) in [4.78, 5) is 27.2. The van der Waals surface area contributed by atoms with E-state index in [1.165, 1.54) is 0 Å². The minimum atomic E-state index is -0.671. The number of ether oxygens (including phenoxy) is 1. The minimum Gasteiger partial charge on any atom is -0.507 e. The van der Waals surface area contributed by atoms with Crippen LogP contribution in [0.5, 0.6) is 5.75 Å². The molecule has 1 fully saturated rings. The molecule has 158 valence electrons. The number of aliphatic hydroxyl groups excluding tert-OH is 1. The van der Waals surface area contributed by atoms with Crippen LogP contribution in [0.2, 0.25) is 5.02 Å². The maximum atomic E-state index is 12.9. The number of rotatable bonds is 8. The van der Waals surface area contributed by atoms with Crippen LogP contribution in [0.3, 0.4) is 0 Å². The molecule has 0 aliphatic carbocycles. The van der Waals surface area contributed by atoms with Gasteiger partial charge in [0.15, 0.2) is 0 Å². The van der Waals surface area contributed by atoms with Crippen molar-refractivity contribution in [2.45, 2.75) is 39.2 Å². The molecule has 2 aromatic rings. The number of carbonyl (C=O) groups is 2. The molecule has 1 amide bonds. The van der Waals surface area contributed by atoms with E-state index in [0.717, 1.165) is 30.6 Å². The van der Waals surface area contributed by atoms with Crippen LogP contribution >= 0.6 is 11.6 Å². The molecule has 1 aliphatic heterocycles. The average molecular weight is 428 g/mol. The highest BCUT2D eigenvalue weighted by atomic mass is 35.5. The van der Waals surface area contributed by atoms with E-state index in [9.17, 15) is 14.7 Å². The Kier molecular flexibility index (Phi) is 7.16. The Morgan fingerprint density at radius 1 is 1.03 bits per heavy atom. The van der Waals surface area contributed by atoms with Crippen LogP contribution in [0.4, 0.5) is 0 Å². The van der Waals surface area contributed by atoms with Crippen LogP contribution in [-0.2, 0) is 9.59 Å². The molecule has 30 heavy (non-hydrogen) atoms. The van der Waals surface area contributed by atoms with Crippen molar-refractivity contribution in [3.8, 4) is 5.75 Å². The molecule has 1 atom stereocenters. The summed E-state index contributed by atoms with van der Waals surface area (Å²) < 4.78 is 5.64. The maximum absolute atomic E-state index is 12.9. The molecular formula is C24H26ClNO4. The third-order valence-corrected chi connectivity index (χ3v) is 5.33. The van der Waals surface area contributed by atoms with Crippen LogP contribution in [0.1, 0.15) is 50.3 Å². The molecule has 5 nitrogen and oxygen atoms in total. The monoisotopic (exact) mass is 427 g/mol. The number of nitrogens with zero attached hydrogens (tertiary/aromatic N) is 1. The second kappa shape index (κ2) is 9.81. The van der Waals surface area contributed by atoms with Gasteiger partial charge in [0, 0.05) is 17.1 Å². The van der Waals surface area contributed by atoms with E-state index < -0.39 is 17.7 Å². The molecule has 3 rings (SSSR count). The van der Waals surface area contributed by atoms with Gasteiger partial charge in [-0.3, -0.25) is 9.59 Å². The highest BCUT2D eigenvalue weighted by molar-refractivity contribution is 6.46. The summed E-state index contributed by atoms with van der Waals surface area (Å²) in [6.45, 7) is 5.12. The van der Waals surface area contributed by atoms with Gasteiger partial charge >= 0.3 is 0 Å². The van der Waals surface area contributed by atoms with Crippen molar-refractivity contribution in [1.82, 2.24) is 4.90 Å². The van der Waals surface area contributed by atoms with E-state index in [2.05, 4.69) is 0 Å². The summed E-state index contributed by atoms with van der Waals surface area (Å²) in [5.74, 6) is -0.728. The molecule has 1 unspecified atom stereocenters. The third kappa shape index (κ3) is 4.51. The number of unbranched alkanes of at least 4 members (excludes halogenated alkanes) is 1. The van der Waals surface area contributed by atoms with Crippen molar-refractivity contribution in [2.24, 2.45) is 0 Å². The normalized spacial score (nSPS) is 18.1. The van der Waals surface area contributed by atoms with Gasteiger partial charge in [-0.05, 0) is 54.8 Å². The predicted octanol–water partition coefficient (Wildman–Crippen LogP) is 5.35. The van der Waals surface area contributed by atoms with Gasteiger partial charge in [-0.1, -0.05) is 44.0 Å². The van der Waals surface area contributed by atoms with Crippen molar-refractivity contribution in [2.75, 3.05) is 13.2 Å². The van der Waals surface area contributed by atoms with Crippen molar-refractivity contribution in [1.29, 1.82) is 0 Å².